The summed E-state index contributed by atoms with van der Waals surface area (Å²) in [4.78, 5) is 4.54. The van der Waals surface area contributed by atoms with E-state index < -0.39 is 6.10 Å². The number of aliphatic hydroxyl groups excluding tert-OH is 2. The molecular formula is C22H26ClNO4. The van der Waals surface area contributed by atoms with E-state index in [0.717, 1.165) is 35.6 Å². The Morgan fingerprint density at radius 3 is 2.57 bits per heavy atom. The summed E-state index contributed by atoms with van der Waals surface area (Å²) >= 11 is 0. The van der Waals surface area contributed by atoms with Crippen LogP contribution in [0.1, 0.15) is 43.7 Å². The maximum absolute atomic E-state index is 10.1. The third kappa shape index (κ3) is 5.58. The van der Waals surface area contributed by atoms with E-state index in [1.165, 1.54) is 0 Å². The van der Waals surface area contributed by atoms with E-state index in [1.54, 1.807) is 6.26 Å². The van der Waals surface area contributed by atoms with Crippen molar-refractivity contribution in [2.24, 2.45) is 0 Å². The normalized spacial score (nSPS) is 11.7. The molecule has 0 saturated heterocycles. The van der Waals surface area contributed by atoms with Crippen LogP contribution in [0.2, 0.25) is 0 Å². The first-order chi connectivity index (χ1) is 13.2. The predicted molar refractivity (Wildman–Crippen MR) is 111 cm³/mol. The molecule has 2 N–H and O–H groups in total. The van der Waals surface area contributed by atoms with Gasteiger partial charge in [0.15, 0.2) is 5.89 Å². The van der Waals surface area contributed by atoms with Crippen molar-refractivity contribution >= 4 is 12.4 Å². The van der Waals surface area contributed by atoms with Crippen LogP contribution in [0.25, 0.3) is 11.3 Å². The van der Waals surface area contributed by atoms with Crippen molar-refractivity contribution in [3.8, 4) is 22.8 Å². The van der Waals surface area contributed by atoms with Gasteiger partial charge in [-0.25, -0.2) is 4.98 Å². The number of oxazole rings is 1. The van der Waals surface area contributed by atoms with Gasteiger partial charge >= 0.3 is 0 Å². The highest BCUT2D eigenvalue weighted by Gasteiger charge is 2.12. The van der Waals surface area contributed by atoms with E-state index in [2.05, 4.69) is 11.9 Å². The van der Waals surface area contributed by atoms with Crippen molar-refractivity contribution in [3.63, 3.8) is 0 Å². The summed E-state index contributed by atoms with van der Waals surface area (Å²) < 4.78 is 11.6. The molecule has 1 unspecified atom stereocenters. The monoisotopic (exact) mass is 403 g/mol. The molecule has 28 heavy (non-hydrogen) atoms. The molecule has 0 aliphatic carbocycles. The number of para-hydroxylation sites is 1. The molecule has 0 bridgehead atoms. The average Bonchev–Trinajstić information content (AvgIpc) is 3.16. The number of ether oxygens (including phenoxy) is 1. The zero-order chi connectivity index (χ0) is 19.1. The Hall–Kier alpha value is -2.34. The van der Waals surface area contributed by atoms with E-state index in [9.17, 15) is 5.11 Å². The van der Waals surface area contributed by atoms with Gasteiger partial charge in [0.05, 0.1) is 6.10 Å². The number of aryl methyl sites for hydroxylation is 1. The van der Waals surface area contributed by atoms with Crippen molar-refractivity contribution in [3.05, 3.63) is 66.2 Å². The van der Waals surface area contributed by atoms with E-state index >= 15 is 0 Å². The summed E-state index contributed by atoms with van der Waals surface area (Å²) in [5.41, 5.74) is 2.44. The highest BCUT2D eigenvalue weighted by Crippen LogP contribution is 2.33. The number of rotatable bonds is 9. The van der Waals surface area contributed by atoms with E-state index in [-0.39, 0.29) is 19.0 Å². The van der Waals surface area contributed by atoms with Gasteiger partial charge in [0.1, 0.15) is 23.5 Å². The first kappa shape index (κ1) is 22.0. The zero-order valence-electron chi connectivity index (χ0n) is 15.9. The molecule has 3 aromatic rings. The Morgan fingerprint density at radius 2 is 1.86 bits per heavy atom. The second-order valence-electron chi connectivity index (χ2n) is 6.43. The fourth-order valence-electron chi connectivity index (χ4n) is 2.87. The Kier molecular flexibility index (Phi) is 8.51. The van der Waals surface area contributed by atoms with Gasteiger partial charge in [0.25, 0.3) is 0 Å². The molecule has 1 heterocycles. The number of hydrogen-bond acceptors (Lipinski definition) is 5. The van der Waals surface area contributed by atoms with Gasteiger partial charge in [-0.05, 0) is 49.1 Å². The highest BCUT2D eigenvalue weighted by atomic mass is 35.5. The van der Waals surface area contributed by atoms with Crippen LogP contribution in [-0.2, 0) is 6.42 Å². The molecule has 1 atom stereocenters. The summed E-state index contributed by atoms with van der Waals surface area (Å²) in [7, 11) is 0. The predicted octanol–water partition coefficient (Wildman–Crippen LogP) is 5.31. The lowest BCUT2D eigenvalue weighted by Gasteiger charge is -2.12. The standard InChI is InChI=1S/C22H25NO4.ClH/c1-2-6-22-23-19(15-26-22)18-7-3-4-9-21(18)27-17-12-10-16(11-13-17)20(25)8-5-14-24;/h3-4,7,9-13,15,20,24-25H,2,5-6,8,14H2,1H3;1H. The van der Waals surface area contributed by atoms with Crippen LogP contribution < -0.4 is 4.74 Å². The Morgan fingerprint density at radius 1 is 1.11 bits per heavy atom. The van der Waals surface area contributed by atoms with Gasteiger partial charge in [-0.3, -0.25) is 0 Å². The summed E-state index contributed by atoms with van der Waals surface area (Å²) in [5.74, 6) is 2.10. The van der Waals surface area contributed by atoms with Crippen molar-refractivity contribution in [2.45, 2.75) is 38.7 Å². The largest absolute Gasteiger partial charge is 0.457 e. The smallest absolute Gasteiger partial charge is 0.194 e. The minimum Gasteiger partial charge on any atom is -0.457 e. The summed E-state index contributed by atoms with van der Waals surface area (Å²) in [5, 5.41) is 19.0. The van der Waals surface area contributed by atoms with Crippen molar-refractivity contribution < 1.29 is 19.4 Å². The molecule has 0 spiro atoms. The summed E-state index contributed by atoms with van der Waals surface area (Å²) in [6, 6.07) is 15.1. The molecule has 0 aliphatic heterocycles. The van der Waals surface area contributed by atoms with Gasteiger partial charge in [-0.2, -0.15) is 0 Å². The Bertz CT molecular complexity index is 848. The number of aliphatic hydroxyl groups is 2. The Labute approximate surface area is 171 Å². The minimum atomic E-state index is -0.578. The number of aromatic nitrogens is 1. The summed E-state index contributed by atoms with van der Waals surface area (Å²) in [6.07, 6.45) is 3.98. The van der Waals surface area contributed by atoms with Crippen LogP contribution in [-0.4, -0.2) is 21.8 Å². The lowest BCUT2D eigenvalue weighted by molar-refractivity contribution is 0.152. The third-order valence-electron chi connectivity index (χ3n) is 4.31. The molecule has 0 fully saturated rings. The van der Waals surface area contributed by atoms with Crippen LogP contribution in [0, 0.1) is 0 Å². The summed E-state index contributed by atoms with van der Waals surface area (Å²) in [6.45, 7) is 2.17. The number of benzene rings is 2. The molecular weight excluding hydrogens is 378 g/mol. The van der Waals surface area contributed by atoms with Crippen molar-refractivity contribution in [1.82, 2.24) is 4.98 Å². The maximum Gasteiger partial charge on any atom is 0.194 e. The van der Waals surface area contributed by atoms with Crippen LogP contribution in [0.3, 0.4) is 0 Å². The van der Waals surface area contributed by atoms with Gasteiger partial charge in [0, 0.05) is 18.6 Å². The first-order valence-corrected chi connectivity index (χ1v) is 9.31. The minimum absolute atomic E-state index is 0. The number of hydrogen-bond donors (Lipinski definition) is 2. The van der Waals surface area contributed by atoms with Crippen molar-refractivity contribution in [2.75, 3.05) is 6.61 Å². The highest BCUT2D eigenvalue weighted by molar-refractivity contribution is 5.85. The molecule has 2 aromatic carbocycles. The molecule has 0 aliphatic rings. The van der Waals surface area contributed by atoms with Crippen LogP contribution in [0.15, 0.2) is 59.2 Å². The van der Waals surface area contributed by atoms with Gasteiger partial charge in [-0.1, -0.05) is 31.2 Å². The zero-order valence-corrected chi connectivity index (χ0v) is 16.7. The molecule has 0 amide bonds. The van der Waals surface area contributed by atoms with Crippen molar-refractivity contribution in [1.29, 1.82) is 0 Å². The van der Waals surface area contributed by atoms with Crippen LogP contribution in [0.5, 0.6) is 11.5 Å². The van der Waals surface area contributed by atoms with E-state index in [1.807, 2.05) is 48.5 Å². The fraction of sp³-hybridized carbons (Fsp3) is 0.318. The molecule has 0 radical (unpaired) electrons. The first-order valence-electron chi connectivity index (χ1n) is 9.31. The van der Waals surface area contributed by atoms with E-state index in [0.29, 0.717) is 24.3 Å². The van der Waals surface area contributed by atoms with Crippen LogP contribution >= 0.6 is 12.4 Å². The lowest BCUT2D eigenvalue weighted by atomic mass is 10.1. The van der Waals surface area contributed by atoms with Gasteiger partial charge in [-0.15, -0.1) is 12.4 Å². The lowest BCUT2D eigenvalue weighted by Crippen LogP contribution is -1.98. The SMILES string of the molecule is CCCc1nc(-c2ccccc2Oc2ccc(C(O)CCCO)cc2)co1.Cl. The van der Waals surface area contributed by atoms with E-state index in [4.69, 9.17) is 14.3 Å². The Balaban J connectivity index is 0.00000280. The molecule has 1 aromatic heterocycles. The quantitative estimate of drug-likeness (QED) is 0.506. The van der Waals surface area contributed by atoms with Gasteiger partial charge in [0.2, 0.25) is 0 Å². The third-order valence-corrected chi connectivity index (χ3v) is 4.31. The molecule has 3 rings (SSSR count). The maximum atomic E-state index is 10.1. The molecule has 6 heteroatoms. The van der Waals surface area contributed by atoms with Gasteiger partial charge < -0.3 is 19.4 Å². The molecule has 150 valence electrons. The van der Waals surface area contributed by atoms with Crippen LogP contribution in [0.4, 0.5) is 0 Å². The average molecular weight is 404 g/mol. The second-order valence-corrected chi connectivity index (χ2v) is 6.43. The molecule has 0 saturated carbocycles. The molecule has 5 nitrogen and oxygen atoms in total. The topological polar surface area (TPSA) is 75.7 Å². The fourth-order valence-corrected chi connectivity index (χ4v) is 2.87. The number of halogens is 1. The number of nitrogens with zero attached hydrogens (tertiary/aromatic N) is 1. The second kappa shape index (κ2) is 10.9.